The van der Waals surface area contributed by atoms with Crippen LogP contribution in [0.15, 0.2) is 12.1 Å². The number of benzene rings is 1. The zero-order valence-corrected chi connectivity index (χ0v) is 7.70. The van der Waals surface area contributed by atoms with Crippen LogP contribution in [0.1, 0.15) is 11.6 Å². The summed E-state index contributed by atoms with van der Waals surface area (Å²) in [5.74, 6) is -1.29. The molecule has 1 aromatic rings. The van der Waals surface area contributed by atoms with Crippen LogP contribution in [0.25, 0.3) is 0 Å². The molecule has 0 aliphatic carbocycles. The maximum absolute atomic E-state index is 13.5. The summed E-state index contributed by atoms with van der Waals surface area (Å²) in [7, 11) is 1.24. The molecule has 78 valence electrons. The number of rotatable bonds is 3. The van der Waals surface area contributed by atoms with Crippen LogP contribution in [0.2, 0.25) is 0 Å². The lowest BCUT2D eigenvalue weighted by Crippen LogP contribution is -2.16. The molecule has 14 heavy (non-hydrogen) atoms. The Morgan fingerprint density at radius 1 is 1.57 bits per heavy atom. The molecule has 0 radical (unpaired) electrons. The van der Waals surface area contributed by atoms with Gasteiger partial charge in [0.05, 0.1) is 19.8 Å². The Kier molecular flexibility index (Phi) is 3.27. The van der Waals surface area contributed by atoms with E-state index in [1.165, 1.54) is 19.2 Å². The van der Waals surface area contributed by atoms with Gasteiger partial charge in [-0.2, -0.15) is 0 Å². The molecule has 0 aromatic heterocycles. The summed E-state index contributed by atoms with van der Waals surface area (Å²) in [5.41, 5.74) is 5.55. The first-order valence-electron chi connectivity index (χ1n) is 4.03. The van der Waals surface area contributed by atoms with Gasteiger partial charge in [-0.15, -0.1) is 0 Å². The summed E-state index contributed by atoms with van der Waals surface area (Å²) in [5, 5.41) is 18.0. The minimum absolute atomic E-state index is 0.113. The second-order valence-corrected chi connectivity index (χ2v) is 2.81. The molecule has 1 rings (SSSR count). The second kappa shape index (κ2) is 4.26. The summed E-state index contributed by atoms with van der Waals surface area (Å²) in [6.45, 7) is -0.370. The van der Waals surface area contributed by atoms with Gasteiger partial charge in [0.2, 0.25) is 0 Å². The molecule has 0 bridgehead atoms. The Morgan fingerprint density at radius 3 is 2.71 bits per heavy atom. The molecule has 1 unspecified atom stereocenters. The van der Waals surface area contributed by atoms with Crippen molar-refractivity contribution in [2.45, 2.75) is 6.04 Å². The molecule has 0 amide bonds. The van der Waals surface area contributed by atoms with E-state index in [4.69, 9.17) is 10.8 Å². The van der Waals surface area contributed by atoms with Crippen molar-refractivity contribution >= 4 is 0 Å². The zero-order valence-electron chi connectivity index (χ0n) is 7.70. The third-order valence-corrected chi connectivity index (χ3v) is 1.91. The van der Waals surface area contributed by atoms with Gasteiger partial charge in [0.25, 0.3) is 0 Å². The molecular weight excluding hydrogens is 189 g/mol. The number of aliphatic hydroxyl groups excluding tert-OH is 1. The predicted octanol–water partition coefficient (Wildman–Crippen LogP) is 0.532. The summed E-state index contributed by atoms with van der Waals surface area (Å²) >= 11 is 0. The molecule has 0 fully saturated rings. The first-order valence-corrected chi connectivity index (χ1v) is 4.03. The molecule has 4 nitrogen and oxygen atoms in total. The van der Waals surface area contributed by atoms with Crippen LogP contribution in [-0.2, 0) is 0 Å². The van der Waals surface area contributed by atoms with Crippen molar-refractivity contribution in [3.05, 3.63) is 23.5 Å². The lowest BCUT2D eigenvalue weighted by atomic mass is 10.1. The molecule has 0 aliphatic heterocycles. The van der Waals surface area contributed by atoms with Crippen LogP contribution in [0, 0.1) is 5.82 Å². The number of hydrogen-bond donors (Lipinski definition) is 3. The maximum atomic E-state index is 13.5. The van der Waals surface area contributed by atoms with Gasteiger partial charge in [-0.25, -0.2) is 4.39 Å². The summed E-state index contributed by atoms with van der Waals surface area (Å²) in [6.07, 6.45) is 0. The van der Waals surface area contributed by atoms with Gasteiger partial charge >= 0.3 is 0 Å². The molecule has 0 aliphatic rings. The minimum Gasteiger partial charge on any atom is -0.504 e. The van der Waals surface area contributed by atoms with Crippen molar-refractivity contribution in [1.82, 2.24) is 0 Å². The van der Waals surface area contributed by atoms with E-state index >= 15 is 0 Å². The zero-order chi connectivity index (χ0) is 10.7. The van der Waals surface area contributed by atoms with Crippen molar-refractivity contribution in [3.63, 3.8) is 0 Å². The van der Waals surface area contributed by atoms with Gasteiger partial charge in [0.1, 0.15) is 0 Å². The van der Waals surface area contributed by atoms with Gasteiger partial charge in [0, 0.05) is 5.56 Å². The fourth-order valence-corrected chi connectivity index (χ4v) is 1.14. The summed E-state index contributed by atoms with van der Waals surface area (Å²) in [4.78, 5) is 0. The van der Waals surface area contributed by atoms with E-state index in [0.717, 1.165) is 0 Å². The van der Waals surface area contributed by atoms with E-state index in [1.807, 2.05) is 0 Å². The third-order valence-electron chi connectivity index (χ3n) is 1.91. The Hall–Kier alpha value is -1.33. The van der Waals surface area contributed by atoms with Crippen molar-refractivity contribution in [2.24, 2.45) is 5.73 Å². The molecule has 0 saturated carbocycles. The predicted molar refractivity (Wildman–Crippen MR) is 48.6 cm³/mol. The van der Waals surface area contributed by atoms with Crippen LogP contribution >= 0.6 is 0 Å². The molecule has 0 heterocycles. The SMILES string of the molecule is COc1c(O)ccc(C(N)CO)c1F. The number of nitrogens with two attached hydrogens (primary N) is 1. The topological polar surface area (TPSA) is 75.7 Å². The van der Waals surface area contributed by atoms with E-state index in [1.54, 1.807) is 0 Å². The number of ether oxygens (including phenoxy) is 1. The van der Waals surface area contributed by atoms with Crippen molar-refractivity contribution in [2.75, 3.05) is 13.7 Å². The number of aromatic hydroxyl groups is 1. The minimum atomic E-state index is -0.815. The van der Waals surface area contributed by atoms with Crippen molar-refractivity contribution < 1.29 is 19.3 Å². The van der Waals surface area contributed by atoms with Gasteiger partial charge in [0.15, 0.2) is 17.3 Å². The Balaban J connectivity index is 3.21. The van der Waals surface area contributed by atoms with Gasteiger partial charge in [-0.1, -0.05) is 6.07 Å². The first kappa shape index (κ1) is 10.7. The standard InChI is InChI=1S/C9H12FNO3/c1-14-9-7(13)3-2-5(8(9)10)6(11)4-12/h2-3,6,12-13H,4,11H2,1H3. The van der Waals surface area contributed by atoms with Crippen LogP contribution in [0.5, 0.6) is 11.5 Å². The highest BCUT2D eigenvalue weighted by atomic mass is 19.1. The van der Waals surface area contributed by atoms with E-state index in [-0.39, 0.29) is 23.7 Å². The van der Waals surface area contributed by atoms with E-state index in [9.17, 15) is 9.50 Å². The number of halogens is 1. The highest BCUT2D eigenvalue weighted by Gasteiger charge is 2.17. The number of phenols is 1. The Labute approximate surface area is 80.7 Å². The normalized spacial score (nSPS) is 12.6. The maximum Gasteiger partial charge on any atom is 0.196 e. The van der Waals surface area contributed by atoms with E-state index < -0.39 is 11.9 Å². The van der Waals surface area contributed by atoms with Crippen LogP contribution in [0.4, 0.5) is 4.39 Å². The molecule has 5 heteroatoms. The Morgan fingerprint density at radius 2 is 2.21 bits per heavy atom. The van der Waals surface area contributed by atoms with Gasteiger partial charge < -0.3 is 20.7 Å². The van der Waals surface area contributed by atoms with Crippen molar-refractivity contribution in [1.29, 1.82) is 0 Å². The van der Waals surface area contributed by atoms with Gasteiger partial charge in [-0.3, -0.25) is 0 Å². The number of methoxy groups -OCH3 is 1. The van der Waals surface area contributed by atoms with E-state index in [2.05, 4.69) is 4.74 Å². The molecule has 0 saturated heterocycles. The molecule has 1 aromatic carbocycles. The quantitative estimate of drug-likeness (QED) is 0.666. The lowest BCUT2D eigenvalue weighted by Gasteiger charge is -2.12. The second-order valence-electron chi connectivity index (χ2n) is 2.81. The van der Waals surface area contributed by atoms with E-state index in [0.29, 0.717) is 0 Å². The number of phenolic OH excluding ortho intramolecular Hbond substituents is 1. The van der Waals surface area contributed by atoms with Crippen molar-refractivity contribution in [3.8, 4) is 11.5 Å². The smallest absolute Gasteiger partial charge is 0.196 e. The molecule has 1 atom stereocenters. The molecule has 4 N–H and O–H groups in total. The molecular formula is C9H12FNO3. The molecule has 0 spiro atoms. The van der Waals surface area contributed by atoms with Gasteiger partial charge in [-0.05, 0) is 6.07 Å². The summed E-state index contributed by atoms with van der Waals surface area (Å²) < 4.78 is 18.1. The summed E-state index contributed by atoms with van der Waals surface area (Å²) in [6, 6.07) is 1.77. The highest BCUT2D eigenvalue weighted by Crippen LogP contribution is 2.32. The average Bonchev–Trinajstić information content (AvgIpc) is 2.18. The van der Waals surface area contributed by atoms with Crippen LogP contribution < -0.4 is 10.5 Å². The number of hydrogen-bond acceptors (Lipinski definition) is 4. The van der Waals surface area contributed by atoms with Crippen LogP contribution in [0.3, 0.4) is 0 Å². The Bertz CT molecular complexity index is 330. The average molecular weight is 201 g/mol. The number of aliphatic hydroxyl groups is 1. The van der Waals surface area contributed by atoms with Crippen LogP contribution in [-0.4, -0.2) is 23.9 Å². The largest absolute Gasteiger partial charge is 0.504 e. The highest BCUT2D eigenvalue weighted by molar-refractivity contribution is 5.44. The fourth-order valence-electron chi connectivity index (χ4n) is 1.14. The monoisotopic (exact) mass is 201 g/mol. The lowest BCUT2D eigenvalue weighted by molar-refractivity contribution is 0.263. The third kappa shape index (κ3) is 1.78. The fraction of sp³-hybridized carbons (Fsp3) is 0.333. The first-order chi connectivity index (χ1) is 6.61.